The summed E-state index contributed by atoms with van der Waals surface area (Å²) in [5, 5.41) is 16.9. The highest BCUT2D eigenvalue weighted by molar-refractivity contribution is 6.30. The van der Waals surface area contributed by atoms with Gasteiger partial charge in [0.1, 0.15) is 0 Å². The Balaban J connectivity index is 2.02. The van der Waals surface area contributed by atoms with E-state index in [4.69, 9.17) is 22.9 Å². The van der Waals surface area contributed by atoms with Gasteiger partial charge < -0.3 is 22.9 Å². The molecule has 4 rings (SSSR count). The van der Waals surface area contributed by atoms with E-state index < -0.39 is 0 Å². The van der Waals surface area contributed by atoms with Gasteiger partial charge in [-0.2, -0.15) is 10.2 Å². The molecule has 32 heavy (non-hydrogen) atoms. The molecule has 8 heteroatoms. The summed E-state index contributed by atoms with van der Waals surface area (Å²) in [4.78, 5) is 0. The van der Waals surface area contributed by atoms with Crippen LogP contribution < -0.4 is 22.9 Å². The van der Waals surface area contributed by atoms with E-state index in [9.17, 15) is 0 Å². The zero-order chi connectivity index (χ0) is 22.5. The van der Waals surface area contributed by atoms with E-state index in [0.717, 1.165) is 22.3 Å². The Morgan fingerprint density at radius 2 is 0.938 bits per heavy atom. The van der Waals surface area contributed by atoms with E-state index >= 15 is 0 Å². The molecule has 0 bridgehead atoms. The maximum absolute atomic E-state index is 5.60. The molecule has 8 N–H and O–H groups in total. The van der Waals surface area contributed by atoms with Crippen LogP contribution in [0.1, 0.15) is 28.2 Å². The molecule has 0 aliphatic heterocycles. The average Bonchev–Trinajstić information content (AvgIpc) is 3.11. The molecule has 0 atom stereocenters. The molecule has 0 radical (unpaired) electrons. The van der Waals surface area contributed by atoms with Crippen LogP contribution in [0.2, 0.25) is 0 Å². The highest BCUT2D eigenvalue weighted by atomic mass is 15.3. The molecule has 0 heterocycles. The maximum Gasteiger partial charge on any atom is 0.211 e. The Hall–Kier alpha value is -4.46. The van der Waals surface area contributed by atoms with Crippen LogP contribution in [0.15, 0.2) is 105 Å². The van der Waals surface area contributed by atoms with Crippen LogP contribution in [0.3, 0.4) is 0 Å². The fraction of sp³-hybridized carbons (Fsp3) is 0.0833. The van der Waals surface area contributed by atoms with Gasteiger partial charge in [0.05, 0.1) is 17.3 Å². The fourth-order valence-electron chi connectivity index (χ4n) is 4.06. The molecule has 0 aromatic heterocycles. The highest BCUT2D eigenvalue weighted by Crippen LogP contribution is 2.41. The number of rotatable bonds is 5. The molecule has 0 saturated heterocycles. The first kappa shape index (κ1) is 20.8. The number of benzene rings is 3. The van der Waals surface area contributed by atoms with Crippen molar-refractivity contribution in [3.8, 4) is 0 Å². The highest BCUT2D eigenvalue weighted by Gasteiger charge is 2.41. The molecule has 0 amide bonds. The molecule has 1 aliphatic carbocycles. The van der Waals surface area contributed by atoms with Gasteiger partial charge in [-0.15, -0.1) is 10.2 Å². The Bertz CT molecular complexity index is 1110. The van der Waals surface area contributed by atoms with Crippen LogP contribution in [0, 0.1) is 5.92 Å². The topological polar surface area (TPSA) is 154 Å². The van der Waals surface area contributed by atoms with Gasteiger partial charge in [-0.1, -0.05) is 84.9 Å². The SMILES string of the molecule is NC(N)=N/N=C1\c2ccccc2/C(=N\N=C(N)N)C1C(c1ccccc1)c1ccccc1. The van der Waals surface area contributed by atoms with Crippen LogP contribution in [0.5, 0.6) is 0 Å². The van der Waals surface area contributed by atoms with Gasteiger partial charge in [0.25, 0.3) is 0 Å². The summed E-state index contributed by atoms with van der Waals surface area (Å²) in [7, 11) is 0. The number of guanidine groups is 2. The first-order valence-electron chi connectivity index (χ1n) is 10.1. The average molecular weight is 425 g/mol. The smallest absolute Gasteiger partial charge is 0.211 e. The molecule has 8 nitrogen and oxygen atoms in total. The van der Waals surface area contributed by atoms with Gasteiger partial charge in [0, 0.05) is 17.0 Å². The molecular formula is C24H24N8. The van der Waals surface area contributed by atoms with E-state index in [1.807, 2.05) is 60.7 Å². The zero-order valence-corrected chi connectivity index (χ0v) is 17.3. The summed E-state index contributed by atoms with van der Waals surface area (Å²) >= 11 is 0. The van der Waals surface area contributed by atoms with Crippen LogP contribution in [0.4, 0.5) is 0 Å². The molecule has 0 unspecified atom stereocenters. The molecule has 3 aromatic rings. The van der Waals surface area contributed by atoms with Crippen molar-refractivity contribution in [2.75, 3.05) is 0 Å². The number of hydrogen-bond acceptors (Lipinski definition) is 4. The monoisotopic (exact) mass is 424 g/mol. The van der Waals surface area contributed by atoms with E-state index in [1.165, 1.54) is 0 Å². The van der Waals surface area contributed by atoms with Gasteiger partial charge in [0.15, 0.2) is 0 Å². The first-order valence-corrected chi connectivity index (χ1v) is 10.1. The standard InChI is InChI=1S/C24H24N8/c25-23(26)31-29-21-17-13-7-8-14-18(17)22(30-32-24(27)28)20(21)19(15-9-3-1-4-10-15)16-11-5-2-6-12-16/h1-14,19-20H,(H4,25,26,31)(H4,27,28,32)/b29-21+,30-22+. The van der Waals surface area contributed by atoms with E-state index in [0.29, 0.717) is 11.4 Å². The van der Waals surface area contributed by atoms with Gasteiger partial charge in [-0.3, -0.25) is 0 Å². The number of fused-ring (bicyclic) bond motifs is 1. The second kappa shape index (κ2) is 9.13. The van der Waals surface area contributed by atoms with Crippen molar-refractivity contribution in [1.82, 2.24) is 0 Å². The third-order valence-electron chi connectivity index (χ3n) is 5.27. The van der Waals surface area contributed by atoms with Gasteiger partial charge in [-0.25, -0.2) is 0 Å². The Kier molecular flexibility index (Phi) is 5.94. The zero-order valence-electron chi connectivity index (χ0n) is 17.3. The van der Waals surface area contributed by atoms with Gasteiger partial charge >= 0.3 is 0 Å². The Morgan fingerprint density at radius 1 is 0.562 bits per heavy atom. The summed E-state index contributed by atoms with van der Waals surface area (Å²) in [6.07, 6.45) is 0. The molecule has 3 aromatic carbocycles. The maximum atomic E-state index is 5.60. The number of nitrogens with two attached hydrogens (primary N) is 4. The first-order chi connectivity index (χ1) is 15.6. The summed E-state index contributed by atoms with van der Waals surface area (Å²) in [6, 6.07) is 28.1. The summed E-state index contributed by atoms with van der Waals surface area (Å²) in [6.45, 7) is 0. The lowest BCUT2D eigenvalue weighted by atomic mass is 9.77. The van der Waals surface area contributed by atoms with Crippen molar-refractivity contribution < 1.29 is 0 Å². The Labute approximate surface area is 186 Å². The van der Waals surface area contributed by atoms with E-state index in [1.54, 1.807) is 0 Å². The normalized spacial score (nSPS) is 15.7. The summed E-state index contributed by atoms with van der Waals surface area (Å²) in [5.74, 6) is -0.715. The molecule has 160 valence electrons. The minimum Gasteiger partial charge on any atom is -0.369 e. The van der Waals surface area contributed by atoms with Crippen LogP contribution in [0.25, 0.3) is 0 Å². The minimum atomic E-state index is -0.330. The van der Waals surface area contributed by atoms with Crippen LogP contribution in [-0.4, -0.2) is 23.3 Å². The molecule has 0 spiro atoms. The third-order valence-corrected chi connectivity index (χ3v) is 5.27. The number of hydrogen-bond donors (Lipinski definition) is 4. The molecule has 1 aliphatic rings. The quantitative estimate of drug-likeness (QED) is 0.281. The van der Waals surface area contributed by atoms with Gasteiger partial charge in [0.2, 0.25) is 11.9 Å². The van der Waals surface area contributed by atoms with Crippen molar-refractivity contribution in [2.45, 2.75) is 5.92 Å². The van der Waals surface area contributed by atoms with Crippen molar-refractivity contribution in [1.29, 1.82) is 0 Å². The largest absolute Gasteiger partial charge is 0.369 e. The number of nitrogens with zero attached hydrogens (tertiary/aromatic N) is 4. The van der Waals surface area contributed by atoms with E-state index in [2.05, 4.69) is 44.7 Å². The Morgan fingerprint density at radius 3 is 1.31 bits per heavy atom. The fourth-order valence-corrected chi connectivity index (χ4v) is 4.06. The lowest BCUT2D eigenvalue weighted by molar-refractivity contribution is 0.754. The lowest BCUT2D eigenvalue weighted by Gasteiger charge is -2.25. The van der Waals surface area contributed by atoms with E-state index in [-0.39, 0.29) is 23.8 Å². The summed E-state index contributed by atoms with van der Waals surface area (Å²) in [5.41, 5.74) is 27.7. The second-order valence-corrected chi connectivity index (χ2v) is 7.34. The molecule has 0 saturated carbocycles. The van der Waals surface area contributed by atoms with Crippen molar-refractivity contribution in [3.05, 3.63) is 107 Å². The third kappa shape index (κ3) is 4.20. The predicted octanol–water partition coefficient (Wildman–Crippen LogP) is 2.10. The van der Waals surface area contributed by atoms with Crippen molar-refractivity contribution >= 4 is 23.3 Å². The summed E-state index contributed by atoms with van der Waals surface area (Å²) < 4.78 is 0. The van der Waals surface area contributed by atoms with Crippen LogP contribution in [-0.2, 0) is 0 Å². The van der Waals surface area contributed by atoms with Crippen molar-refractivity contribution in [3.63, 3.8) is 0 Å². The predicted molar refractivity (Wildman–Crippen MR) is 129 cm³/mol. The minimum absolute atomic E-state index is 0.126. The second-order valence-electron chi connectivity index (χ2n) is 7.34. The lowest BCUT2D eigenvalue weighted by Crippen LogP contribution is -2.27. The molecule has 0 fully saturated rings. The van der Waals surface area contributed by atoms with Crippen molar-refractivity contribution in [2.24, 2.45) is 49.3 Å². The van der Waals surface area contributed by atoms with Crippen LogP contribution >= 0.6 is 0 Å². The van der Waals surface area contributed by atoms with Gasteiger partial charge in [-0.05, 0) is 11.1 Å². The molecular weight excluding hydrogens is 400 g/mol.